The summed E-state index contributed by atoms with van der Waals surface area (Å²) in [5.41, 5.74) is 6.13. The number of methoxy groups -OCH3 is 2. The van der Waals surface area contributed by atoms with Crippen LogP contribution in [0, 0.1) is 5.92 Å². The third-order valence-electron chi connectivity index (χ3n) is 3.18. The second-order valence-electron chi connectivity index (χ2n) is 4.41. The zero-order valence-corrected chi connectivity index (χ0v) is 10.7. The molecule has 0 spiro atoms. The number of carbonyl (C=O) groups is 1. The highest BCUT2D eigenvalue weighted by Crippen LogP contribution is 2.25. The number of benzene rings is 1. The molecule has 1 aromatic carbocycles. The van der Waals surface area contributed by atoms with Crippen molar-refractivity contribution in [3.8, 4) is 11.5 Å². The minimum absolute atomic E-state index is 0.00287. The second-order valence-corrected chi connectivity index (χ2v) is 4.41. The molecule has 1 aromatic rings. The maximum atomic E-state index is 12.2. The molecule has 0 aliphatic carbocycles. The van der Waals surface area contributed by atoms with Crippen molar-refractivity contribution in [1.29, 1.82) is 0 Å². The third kappa shape index (κ3) is 2.41. The van der Waals surface area contributed by atoms with E-state index in [1.165, 1.54) is 0 Å². The van der Waals surface area contributed by atoms with Crippen LogP contribution >= 0.6 is 0 Å². The molecule has 5 heteroatoms. The van der Waals surface area contributed by atoms with E-state index in [9.17, 15) is 4.79 Å². The lowest BCUT2D eigenvalue weighted by atomic mass is 9.99. The summed E-state index contributed by atoms with van der Waals surface area (Å²) < 4.78 is 10.3. The second kappa shape index (κ2) is 5.27. The van der Waals surface area contributed by atoms with Gasteiger partial charge in [-0.3, -0.25) is 4.79 Å². The number of rotatable bonds is 4. The highest BCUT2D eigenvalue weighted by molar-refractivity contribution is 5.95. The Kier molecular flexibility index (Phi) is 3.72. The topological polar surface area (TPSA) is 64.8 Å². The summed E-state index contributed by atoms with van der Waals surface area (Å²) in [5, 5.41) is 0. The molecule has 1 saturated heterocycles. The zero-order valence-electron chi connectivity index (χ0n) is 10.7. The quantitative estimate of drug-likeness (QED) is 0.855. The highest BCUT2D eigenvalue weighted by Gasteiger charge is 2.30. The van der Waals surface area contributed by atoms with Gasteiger partial charge in [-0.15, -0.1) is 0 Å². The molecule has 0 aromatic heterocycles. The number of ether oxygens (including phenoxy) is 2. The number of carbonyl (C=O) groups excluding carboxylic acids is 1. The lowest BCUT2D eigenvalue weighted by molar-refractivity contribution is 0.0515. The van der Waals surface area contributed by atoms with E-state index < -0.39 is 0 Å². The SMILES string of the molecule is COc1cc(OC)cc(C(=O)N2CC(CN)C2)c1. The molecule has 2 N–H and O–H groups in total. The van der Waals surface area contributed by atoms with Crippen molar-refractivity contribution in [2.75, 3.05) is 33.9 Å². The summed E-state index contributed by atoms with van der Waals surface area (Å²) in [6, 6.07) is 5.19. The molecule has 5 nitrogen and oxygen atoms in total. The minimum atomic E-state index is -0.00287. The Morgan fingerprint density at radius 1 is 1.28 bits per heavy atom. The van der Waals surface area contributed by atoms with Crippen molar-refractivity contribution in [2.45, 2.75) is 0 Å². The lowest BCUT2D eigenvalue weighted by Crippen LogP contribution is -2.52. The molecule has 1 fully saturated rings. The zero-order chi connectivity index (χ0) is 13.1. The molecule has 0 unspecified atom stereocenters. The molecular weight excluding hydrogens is 232 g/mol. The Morgan fingerprint density at radius 2 is 1.83 bits per heavy atom. The molecule has 98 valence electrons. The summed E-state index contributed by atoms with van der Waals surface area (Å²) in [5.74, 6) is 1.67. The van der Waals surface area contributed by atoms with Gasteiger partial charge >= 0.3 is 0 Å². The van der Waals surface area contributed by atoms with Gasteiger partial charge in [-0.1, -0.05) is 0 Å². The van der Waals surface area contributed by atoms with E-state index >= 15 is 0 Å². The van der Waals surface area contributed by atoms with Crippen LogP contribution in [0.3, 0.4) is 0 Å². The minimum Gasteiger partial charge on any atom is -0.497 e. The Morgan fingerprint density at radius 3 is 2.28 bits per heavy atom. The van der Waals surface area contributed by atoms with Crippen molar-refractivity contribution in [3.63, 3.8) is 0 Å². The lowest BCUT2D eigenvalue weighted by Gasteiger charge is -2.38. The average Bonchev–Trinajstić information content (AvgIpc) is 2.36. The van der Waals surface area contributed by atoms with Gasteiger partial charge in [-0.2, -0.15) is 0 Å². The molecular formula is C13H18N2O3. The predicted molar refractivity (Wildman–Crippen MR) is 68.0 cm³/mol. The van der Waals surface area contributed by atoms with Crippen LogP contribution in [0.4, 0.5) is 0 Å². The third-order valence-corrected chi connectivity index (χ3v) is 3.18. The molecule has 1 amide bonds. The average molecular weight is 250 g/mol. The van der Waals surface area contributed by atoms with Gasteiger partial charge in [0.25, 0.3) is 5.91 Å². The van der Waals surface area contributed by atoms with Gasteiger partial charge in [0.05, 0.1) is 14.2 Å². The van der Waals surface area contributed by atoms with E-state index in [0.29, 0.717) is 29.5 Å². The Bertz CT molecular complexity index is 420. The summed E-state index contributed by atoms with van der Waals surface area (Å²) >= 11 is 0. The fraction of sp³-hybridized carbons (Fsp3) is 0.462. The number of hydrogen-bond acceptors (Lipinski definition) is 4. The number of nitrogens with zero attached hydrogens (tertiary/aromatic N) is 1. The maximum Gasteiger partial charge on any atom is 0.254 e. The highest BCUT2D eigenvalue weighted by atomic mass is 16.5. The summed E-state index contributed by atoms with van der Waals surface area (Å²) in [6.07, 6.45) is 0. The molecule has 18 heavy (non-hydrogen) atoms. The number of likely N-dealkylation sites (tertiary alicyclic amines) is 1. The Hall–Kier alpha value is -1.75. The predicted octanol–water partition coefficient (Wildman–Crippen LogP) is 0.735. The maximum absolute atomic E-state index is 12.2. The van der Waals surface area contributed by atoms with Crippen LogP contribution in [0.2, 0.25) is 0 Å². The van der Waals surface area contributed by atoms with E-state index in [1.807, 2.05) is 0 Å². The van der Waals surface area contributed by atoms with E-state index in [-0.39, 0.29) is 5.91 Å². The van der Waals surface area contributed by atoms with Gasteiger partial charge in [0.15, 0.2) is 0 Å². The van der Waals surface area contributed by atoms with Crippen molar-refractivity contribution in [1.82, 2.24) is 4.90 Å². The fourth-order valence-electron chi connectivity index (χ4n) is 2.00. The monoisotopic (exact) mass is 250 g/mol. The first-order valence-corrected chi connectivity index (χ1v) is 5.90. The van der Waals surface area contributed by atoms with E-state index in [4.69, 9.17) is 15.2 Å². The van der Waals surface area contributed by atoms with Crippen LogP contribution < -0.4 is 15.2 Å². The van der Waals surface area contributed by atoms with Gasteiger partial charge in [0.2, 0.25) is 0 Å². The molecule has 0 atom stereocenters. The molecule has 1 aliphatic heterocycles. The van der Waals surface area contributed by atoms with Crippen molar-refractivity contribution in [2.24, 2.45) is 11.7 Å². The van der Waals surface area contributed by atoms with Crippen LogP contribution in [0.25, 0.3) is 0 Å². The largest absolute Gasteiger partial charge is 0.497 e. The van der Waals surface area contributed by atoms with Crippen LogP contribution in [0.5, 0.6) is 11.5 Å². The van der Waals surface area contributed by atoms with Crippen molar-refractivity contribution < 1.29 is 14.3 Å². The van der Waals surface area contributed by atoms with E-state index in [0.717, 1.165) is 13.1 Å². The van der Waals surface area contributed by atoms with Gasteiger partial charge in [-0.05, 0) is 18.7 Å². The Balaban J connectivity index is 2.15. The number of hydrogen-bond donors (Lipinski definition) is 1. The summed E-state index contributed by atoms with van der Waals surface area (Å²) in [4.78, 5) is 14.0. The first-order chi connectivity index (χ1) is 8.67. The van der Waals surface area contributed by atoms with Gasteiger partial charge in [0, 0.05) is 30.6 Å². The van der Waals surface area contributed by atoms with Crippen LogP contribution in [0.1, 0.15) is 10.4 Å². The number of nitrogens with two attached hydrogens (primary N) is 1. The smallest absolute Gasteiger partial charge is 0.254 e. The first-order valence-electron chi connectivity index (χ1n) is 5.90. The van der Waals surface area contributed by atoms with Crippen LogP contribution in [-0.2, 0) is 0 Å². The first kappa shape index (κ1) is 12.7. The van der Waals surface area contributed by atoms with E-state index in [1.54, 1.807) is 37.3 Å². The molecule has 1 heterocycles. The van der Waals surface area contributed by atoms with E-state index in [2.05, 4.69) is 0 Å². The van der Waals surface area contributed by atoms with Crippen molar-refractivity contribution >= 4 is 5.91 Å². The molecule has 1 aliphatic rings. The van der Waals surface area contributed by atoms with Crippen LogP contribution in [-0.4, -0.2) is 44.7 Å². The summed E-state index contributed by atoms with van der Waals surface area (Å²) in [7, 11) is 3.13. The molecule has 2 rings (SSSR count). The van der Waals surface area contributed by atoms with Crippen LogP contribution in [0.15, 0.2) is 18.2 Å². The number of amides is 1. The van der Waals surface area contributed by atoms with Gasteiger partial charge in [0.1, 0.15) is 11.5 Å². The molecule has 0 bridgehead atoms. The Labute approximate surface area is 106 Å². The molecule has 0 radical (unpaired) electrons. The fourth-order valence-corrected chi connectivity index (χ4v) is 2.00. The van der Waals surface area contributed by atoms with Crippen molar-refractivity contribution in [3.05, 3.63) is 23.8 Å². The summed E-state index contributed by atoms with van der Waals surface area (Å²) in [6.45, 7) is 2.09. The standard InChI is InChI=1S/C13H18N2O3/c1-17-11-3-10(4-12(5-11)18-2)13(16)15-7-9(6-14)8-15/h3-5,9H,6-8,14H2,1-2H3. The van der Waals surface area contributed by atoms with Gasteiger partial charge in [-0.25, -0.2) is 0 Å². The molecule has 0 saturated carbocycles. The normalized spacial score (nSPS) is 15.2. The van der Waals surface area contributed by atoms with Gasteiger partial charge < -0.3 is 20.1 Å².